The minimum Gasteiger partial charge on any atom is -0.508 e. The van der Waals surface area contributed by atoms with Crippen molar-refractivity contribution in [2.75, 3.05) is 27.9 Å². The molecule has 24 nitrogen and oxygen atoms in total. The molecule has 1 unspecified atom stereocenters. The molecule has 1 aliphatic carbocycles. The Balaban J connectivity index is 0.000000809. The molecule has 0 saturated heterocycles. The number of methoxy groups -OCH3 is 3. The molecule has 0 fully saturated rings. The molecule has 46 heteroatoms. The number of hydrogen-bond donors (Lipinski definition) is 9. The fourth-order valence-electron chi connectivity index (χ4n) is 11.0. The second kappa shape index (κ2) is 59.4. The number of hydrogen-bond acceptors (Lipinski definition) is 22. The summed E-state index contributed by atoms with van der Waals surface area (Å²) in [5, 5.41) is 37.0. The molecular formula is C74H98BN5O19S20U. The van der Waals surface area contributed by atoms with Gasteiger partial charge in [0.15, 0.2) is 5.78 Å². The van der Waals surface area contributed by atoms with E-state index in [-0.39, 0.29) is 100 Å². The molecule has 0 aliphatic heterocycles. The van der Waals surface area contributed by atoms with Gasteiger partial charge in [-0.05, 0) is 154 Å². The van der Waals surface area contributed by atoms with Gasteiger partial charge >= 0.3 is 18.0 Å². The molecule has 0 spiro atoms. The van der Waals surface area contributed by atoms with E-state index in [0.717, 1.165) is 34.0 Å². The first-order valence-electron chi connectivity index (χ1n) is 36.1. The van der Waals surface area contributed by atoms with Gasteiger partial charge in [-0.15, -0.1) is 12.6 Å². The molecule has 0 aromatic heterocycles. The molecule has 5 aromatic carbocycles. The maximum absolute atomic E-state index is 14.8. The van der Waals surface area contributed by atoms with Crippen LogP contribution in [0.1, 0.15) is 142 Å². The summed E-state index contributed by atoms with van der Waals surface area (Å²) in [6.07, 6.45) is -3.98. The van der Waals surface area contributed by atoms with Crippen molar-refractivity contribution in [3.05, 3.63) is 137 Å². The first-order chi connectivity index (χ1) is 56.8. The summed E-state index contributed by atoms with van der Waals surface area (Å²) < 4.78 is 45.7. The van der Waals surface area contributed by atoms with Crippen molar-refractivity contribution in [1.82, 2.24) is 21.3 Å². The Kier molecular flexibility index (Phi) is 54.8. The number of thiol groups is 1. The molecule has 0 bridgehead atoms. The Morgan fingerprint density at radius 3 is 1.52 bits per heavy atom. The van der Waals surface area contributed by atoms with Crippen LogP contribution in [0, 0.1) is 37.0 Å². The minimum absolute atomic E-state index is 0. The molecule has 1 aliphatic rings. The number of aliphatic carboxylic acids is 1. The Hall–Kier alpha value is -3.61. The summed E-state index contributed by atoms with van der Waals surface area (Å²) in [5.74, 6) is -3.42. The van der Waals surface area contributed by atoms with E-state index < -0.39 is 117 Å². The number of fused-ring (bicyclic) bond motifs is 3. The molecular weight excluding hydrogens is 2150 g/mol. The van der Waals surface area contributed by atoms with E-state index in [1.54, 1.807) is 188 Å². The average molecular weight is 2250 g/mol. The van der Waals surface area contributed by atoms with Crippen molar-refractivity contribution in [3.8, 4) is 39.9 Å². The second-order valence-corrected chi connectivity index (χ2v) is 58.0. The Bertz CT molecular complexity index is 4980. The quantitative estimate of drug-likeness (QED) is 0.0108. The third-order valence-corrected chi connectivity index (χ3v) is 50.5. The monoisotopic (exact) mass is 2250 g/mol. The number of phenolic OH excluding ortho intramolecular Hbond substituents is 1. The molecule has 2 radical (unpaired) electrons. The molecule has 0 heterocycles. The first-order valence-corrected chi connectivity index (χ1v) is 59.7. The van der Waals surface area contributed by atoms with Crippen LogP contribution in [0.25, 0.3) is 11.1 Å². The first kappa shape index (κ1) is 111. The predicted octanol–water partition coefficient (Wildman–Crippen LogP) is 8.43. The smallest absolute Gasteiger partial charge is 0.407 e. The number of phenols is 1. The number of alkyl carbamates (subject to hydrolysis) is 1. The summed E-state index contributed by atoms with van der Waals surface area (Å²) in [6, 6.07) is 26.4. The third-order valence-electron chi connectivity index (χ3n) is 15.9. The number of nitrogens with one attached hydrogen (secondary N) is 4. The van der Waals surface area contributed by atoms with E-state index in [0.29, 0.717) is 39.7 Å². The average Bonchev–Trinajstić information content (AvgIpc) is 1.62. The van der Waals surface area contributed by atoms with Crippen LogP contribution in [0.2, 0.25) is 0 Å². The molecule has 0 saturated carbocycles. The number of rotatable bonds is 33. The van der Waals surface area contributed by atoms with Crippen molar-refractivity contribution in [2.45, 2.75) is 192 Å². The fraction of sp³-hybridized carbons (Fsp3) is 0.473. The van der Waals surface area contributed by atoms with Gasteiger partial charge in [-0.3, -0.25) is 38.4 Å². The predicted molar refractivity (Wildman–Crippen MR) is 521 cm³/mol. The zero-order valence-corrected chi connectivity index (χ0v) is 88.3. The maximum Gasteiger partial charge on any atom is 0.407 e. The number of thioether (sulfide) groups is 1. The van der Waals surface area contributed by atoms with E-state index in [2.05, 4.69) is 42.3 Å². The number of carboxylic acids is 1. The summed E-state index contributed by atoms with van der Waals surface area (Å²) in [5.41, 5.74) is 9.79. The Morgan fingerprint density at radius 1 is 0.583 bits per heavy atom. The van der Waals surface area contributed by atoms with Crippen LogP contribution in [0.15, 0.2) is 109 Å². The Morgan fingerprint density at radius 2 is 1.07 bits per heavy atom. The number of ether oxygens (including phenoxy) is 7. The number of Topliss-reactive ketones (excluding diaryl/α,β-unsaturated/α-hetero) is 1. The number of benzene rings is 5. The standard InChI is InChI=1S/C56H72N2O12S.C18H25N3O7S.BH.S18.U/c1-34(68-54(2,3)4)50(52(62)71-33-44-47(65-12)30-38(64-11)31-48(44)66-13)58-51(61)36(28-35-22-24-37(25-23-35)69-55(5,6)7)29-46(59)45(26-27-49(60)70-56(8,9)10)57-53(63)67-32-43-41-20-16-14-18-39(41)40-19-15-17-21-42(40)43;1-9(22)15(18(28)29)21-17(27)13(8-10-2-4-11(23)5-3-10)20-16(26)12(19)6-7-14(24)25;;1-3-5-7-9-11-13-15-17-18-16-14-12-10-8-6-4-2;/h14-25,30-31,34,36,43,45,50H,26-29,32-33H2,1-13H3,(H,57,63)(H,58,61);2-5,9,12-13,15,22-23H,6-8,19H2,1H3,(H,20,26)(H,21,27)(H,24,25)(H,28,29);1H;;/t34-,36-,45+,50+;9-,12+,13+,15?;;;/m11.../s1/i;;1D;;. The van der Waals surface area contributed by atoms with Crippen LogP contribution < -0.4 is 45.9 Å². The summed E-state index contributed by atoms with van der Waals surface area (Å²) in [7, 11) is 35.5. The largest absolute Gasteiger partial charge is 0.508 e. The van der Waals surface area contributed by atoms with E-state index in [4.69, 9.17) is 67.7 Å². The van der Waals surface area contributed by atoms with Gasteiger partial charge in [0.2, 0.25) is 28.0 Å². The van der Waals surface area contributed by atoms with Crippen LogP contribution in [-0.2, 0) is 236 Å². The number of aliphatic hydroxyl groups is 1. The zero-order chi connectivity index (χ0) is 89.7. The van der Waals surface area contributed by atoms with Crippen LogP contribution >= 0.6 is 24.4 Å². The molecule has 4 amide bonds. The van der Waals surface area contributed by atoms with Crippen molar-refractivity contribution in [3.63, 3.8) is 0 Å². The number of aromatic hydroxyl groups is 1. The van der Waals surface area contributed by atoms with E-state index in [1.807, 2.05) is 102 Å². The van der Waals surface area contributed by atoms with E-state index in [9.17, 15) is 53.4 Å². The van der Waals surface area contributed by atoms with Gasteiger partial charge in [0.05, 0.1) is 51.2 Å². The number of carbonyl (C=O) groups is 9. The van der Waals surface area contributed by atoms with Gasteiger partial charge in [0.25, 0.3) is 0 Å². The summed E-state index contributed by atoms with van der Waals surface area (Å²) in [4.78, 5) is 118. The van der Waals surface area contributed by atoms with E-state index >= 15 is 0 Å². The van der Waals surface area contributed by atoms with Crippen LogP contribution in [0.4, 0.5) is 4.79 Å². The summed E-state index contributed by atoms with van der Waals surface area (Å²) in [6.45, 7) is 19.6. The normalized spacial score (nSPS) is 13.1. The van der Waals surface area contributed by atoms with Crippen LogP contribution in [0.5, 0.6) is 28.7 Å². The maximum atomic E-state index is 14.8. The van der Waals surface area contributed by atoms with Gasteiger partial charge in [-0.2, -0.15) is 0 Å². The van der Waals surface area contributed by atoms with Crippen LogP contribution in [-0.4, -0.2) is 164 Å². The number of amides is 4. The van der Waals surface area contributed by atoms with Gasteiger partial charge < -0.3 is 75.5 Å². The molecule has 660 valence electrons. The molecule has 8 atom stereocenters. The number of ketones is 1. The van der Waals surface area contributed by atoms with Crippen molar-refractivity contribution >= 4 is 249 Å². The molecule has 9 N–H and O–H groups in total. The number of carboxylic acid groups (broad SMARTS) is 1. The van der Waals surface area contributed by atoms with Gasteiger partial charge in [-0.25, -0.2) is 4.79 Å². The van der Waals surface area contributed by atoms with Gasteiger partial charge in [-0.1, -0.05) is 84.6 Å². The number of esters is 1. The Labute approximate surface area is 793 Å². The van der Waals surface area contributed by atoms with Gasteiger partial charge in [0.1, 0.15) is 64.7 Å². The van der Waals surface area contributed by atoms with Gasteiger partial charge in [0, 0.05) is 265 Å². The van der Waals surface area contributed by atoms with Crippen molar-refractivity contribution in [2.24, 2.45) is 11.7 Å². The van der Waals surface area contributed by atoms with Crippen molar-refractivity contribution < 1.29 is 123 Å². The fourth-order valence-corrected chi connectivity index (χ4v) is 50.7. The van der Waals surface area contributed by atoms with Crippen LogP contribution in [0.3, 0.4) is 0 Å². The third kappa shape index (κ3) is 44.2. The minimum atomic E-state index is -1.29. The summed E-state index contributed by atoms with van der Waals surface area (Å²) >= 11 is 14.1. The number of aliphatic hydroxyl groups excluding tert-OH is 1. The molecule has 5 aromatic rings. The number of carbonyl (C=O) groups excluding carboxylic acids is 8. The number of nitrogens with two attached hydrogens (primary N) is 1. The topological polar surface area (TPSA) is 353 Å². The van der Waals surface area contributed by atoms with E-state index in [1.165, 1.54) is 58.1 Å². The second-order valence-electron chi connectivity index (χ2n) is 28.2. The molecule has 120 heavy (non-hydrogen) atoms. The molecule has 6 rings (SSSR count). The van der Waals surface area contributed by atoms with Crippen molar-refractivity contribution in [1.29, 1.82) is 1.34 Å². The SMILES string of the molecule is COc1cc(OC)c(CSC(=O)[C@@H](NC(=O)[C@@H](CC(=O)[C@H](CCC(=O)OC(C)(C)C)NC(=O)OCC2c3ccccc3-c3ccccc32)Cc2ccc(OC(C)(C)C)cc2)[C@@H](C)OC(C)(C)C)c(OC)c1.C[C@@H](O)C(NC(=O)[C@H](Cc1ccc(O)cc1)NC(=O)[C@@H](N)CCC(=O)O)C(=O)S.S=S=S=S=S=S=S=S=S=S=S=S=S=S=S=S=S=S.[2H][B].[U]. The zero-order valence-electron chi connectivity index (χ0n) is 68.7.